The SMILES string of the molecule is CNc1ccc(C(=O)Nc2cc(Cl)c(Cl)cc2Cl)cc1. The van der Waals surface area contributed by atoms with E-state index in [0.717, 1.165) is 5.69 Å². The highest BCUT2D eigenvalue weighted by Crippen LogP contribution is 2.32. The zero-order valence-corrected chi connectivity index (χ0v) is 12.8. The van der Waals surface area contributed by atoms with Crippen LogP contribution in [0.4, 0.5) is 11.4 Å². The zero-order valence-electron chi connectivity index (χ0n) is 10.5. The summed E-state index contributed by atoms with van der Waals surface area (Å²) in [6, 6.07) is 10.1. The quantitative estimate of drug-likeness (QED) is 0.783. The minimum atomic E-state index is -0.270. The molecule has 0 atom stereocenters. The molecule has 104 valence electrons. The molecule has 0 bridgehead atoms. The number of halogens is 3. The second-order valence-corrected chi connectivity index (χ2v) is 5.25. The molecule has 0 fully saturated rings. The fraction of sp³-hybridized carbons (Fsp3) is 0.0714. The average molecular weight is 330 g/mol. The lowest BCUT2D eigenvalue weighted by Crippen LogP contribution is -2.12. The molecule has 2 aromatic rings. The number of rotatable bonds is 3. The van der Waals surface area contributed by atoms with E-state index in [9.17, 15) is 4.79 Å². The summed E-state index contributed by atoms with van der Waals surface area (Å²) in [7, 11) is 1.81. The molecule has 2 rings (SSSR count). The van der Waals surface area contributed by atoms with Gasteiger partial charge in [-0.25, -0.2) is 0 Å². The Bertz CT molecular complexity index is 642. The van der Waals surface area contributed by atoms with Gasteiger partial charge in [-0.15, -0.1) is 0 Å². The summed E-state index contributed by atoms with van der Waals surface area (Å²) < 4.78 is 0. The maximum Gasteiger partial charge on any atom is 0.255 e. The molecule has 2 N–H and O–H groups in total. The first-order chi connectivity index (χ1) is 9.51. The van der Waals surface area contributed by atoms with Crippen molar-refractivity contribution in [1.82, 2.24) is 0 Å². The van der Waals surface area contributed by atoms with Crippen LogP contribution >= 0.6 is 34.8 Å². The van der Waals surface area contributed by atoms with Crippen LogP contribution in [0.1, 0.15) is 10.4 Å². The number of hydrogen-bond donors (Lipinski definition) is 2. The predicted octanol–water partition coefficient (Wildman–Crippen LogP) is 4.94. The number of hydrogen-bond acceptors (Lipinski definition) is 2. The van der Waals surface area contributed by atoms with Crippen molar-refractivity contribution in [1.29, 1.82) is 0 Å². The van der Waals surface area contributed by atoms with E-state index in [2.05, 4.69) is 10.6 Å². The third-order valence-electron chi connectivity index (χ3n) is 2.69. The third-order valence-corrected chi connectivity index (χ3v) is 3.73. The maximum absolute atomic E-state index is 12.1. The van der Waals surface area contributed by atoms with Gasteiger partial charge in [0.2, 0.25) is 0 Å². The first-order valence-electron chi connectivity index (χ1n) is 5.75. The van der Waals surface area contributed by atoms with Crippen LogP contribution in [0.15, 0.2) is 36.4 Å². The van der Waals surface area contributed by atoms with E-state index in [1.54, 1.807) is 12.1 Å². The highest BCUT2D eigenvalue weighted by Gasteiger charge is 2.11. The van der Waals surface area contributed by atoms with Crippen molar-refractivity contribution in [2.45, 2.75) is 0 Å². The van der Waals surface area contributed by atoms with Gasteiger partial charge in [-0.2, -0.15) is 0 Å². The lowest BCUT2D eigenvalue weighted by Gasteiger charge is -2.09. The average Bonchev–Trinajstić information content (AvgIpc) is 2.44. The highest BCUT2D eigenvalue weighted by molar-refractivity contribution is 6.44. The van der Waals surface area contributed by atoms with Crippen LogP contribution < -0.4 is 10.6 Å². The van der Waals surface area contributed by atoms with Crippen molar-refractivity contribution in [3.05, 3.63) is 57.0 Å². The van der Waals surface area contributed by atoms with Crippen molar-refractivity contribution < 1.29 is 4.79 Å². The van der Waals surface area contributed by atoms with Gasteiger partial charge < -0.3 is 10.6 Å². The first-order valence-corrected chi connectivity index (χ1v) is 6.88. The van der Waals surface area contributed by atoms with Crippen molar-refractivity contribution in [3.8, 4) is 0 Å². The van der Waals surface area contributed by atoms with Crippen molar-refractivity contribution in [2.24, 2.45) is 0 Å². The van der Waals surface area contributed by atoms with E-state index in [-0.39, 0.29) is 5.91 Å². The molecular weight excluding hydrogens is 319 g/mol. The molecule has 0 radical (unpaired) electrons. The molecule has 1 amide bonds. The van der Waals surface area contributed by atoms with Gasteiger partial charge in [0.25, 0.3) is 5.91 Å². The molecule has 0 saturated heterocycles. The fourth-order valence-electron chi connectivity index (χ4n) is 1.60. The standard InChI is InChI=1S/C14H11Cl3N2O/c1-18-9-4-2-8(3-5-9)14(20)19-13-7-11(16)10(15)6-12(13)17/h2-7,18H,1H3,(H,19,20). The molecule has 6 heteroatoms. The monoisotopic (exact) mass is 328 g/mol. The molecular formula is C14H11Cl3N2O. The molecule has 3 nitrogen and oxygen atoms in total. The van der Waals surface area contributed by atoms with Crippen LogP contribution in [-0.2, 0) is 0 Å². The lowest BCUT2D eigenvalue weighted by molar-refractivity contribution is 0.102. The first kappa shape index (κ1) is 15.0. The second kappa shape index (κ2) is 6.35. The summed E-state index contributed by atoms with van der Waals surface area (Å²) in [5, 5.41) is 6.68. The maximum atomic E-state index is 12.1. The summed E-state index contributed by atoms with van der Waals surface area (Å²) in [4.78, 5) is 12.1. The van der Waals surface area contributed by atoms with Crippen molar-refractivity contribution in [2.75, 3.05) is 17.7 Å². The number of benzene rings is 2. The molecule has 0 aliphatic rings. The normalized spacial score (nSPS) is 10.2. The Morgan fingerprint density at radius 2 is 1.55 bits per heavy atom. The lowest BCUT2D eigenvalue weighted by atomic mass is 10.2. The molecule has 0 spiro atoms. The fourth-order valence-corrected chi connectivity index (χ4v) is 2.20. The molecule has 0 aliphatic heterocycles. The van der Waals surface area contributed by atoms with E-state index in [4.69, 9.17) is 34.8 Å². The number of anilines is 2. The number of amides is 1. The Morgan fingerprint density at radius 3 is 2.15 bits per heavy atom. The highest BCUT2D eigenvalue weighted by atomic mass is 35.5. The van der Waals surface area contributed by atoms with Crippen LogP contribution in [-0.4, -0.2) is 13.0 Å². The van der Waals surface area contributed by atoms with Gasteiger partial charge in [-0.1, -0.05) is 34.8 Å². The summed E-state index contributed by atoms with van der Waals surface area (Å²) in [6.45, 7) is 0. The largest absolute Gasteiger partial charge is 0.388 e. The van der Waals surface area contributed by atoms with Crippen molar-refractivity contribution in [3.63, 3.8) is 0 Å². The minimum Gasteiger partial charge on any atom is -0.388 e. The van der Waals surface area contributed by atoms with Crippen molar-refractivity contribution >= 4 is 52.1 Å². The van der Waals surface area contributed by atoms with E-state index in [1.807, 2.05) is 19.2 Å². The van der Waals surface area contributed by atoms with E-state index in [0.29, 0.717) is 26.3 Å². The van der Waals surface area contributed by atoms with E-state index < -0.39 is 0 Å². The van der Waals surface area contributed by atoms with Gasteiger partial charge in [0.1, 0.15) is 0 Å². The van der Waals surface area contributed by atoms with Crippen LogP contribution in [0.25, 0.3) is 0 Å². The molecule has 0 aromatic heterocycles. The number of nitrogens with one attached hydrogen (secondary N) is 2. The molecule has 2 aromatic carbocycles. The minimum absolute atomic E-state index is 0.270. The number of carbonyl (C=O) groups excluding carboxylic acids is 1. The van der Waals surface area contributed by atoms with Crippen LogP contribution in [0.2, 0.25) is 15.1 Å². The Morgan fingerprint density at radius 1 is 0.950 bits per heavy atom. The Balaban J connectivity index is 2.20. The van der Waals surface area contributed by atoms with Gasteiger partial charge >= 0.3 is 0 Å². The molecule has 0 heterocycles. The molecule has 0 aliphatic carbocycles. The van der Waals surface area contributed by atoms with Gasteiger partial charge in [0, 0.05) is 18.3 Å². The summed E-state index contributed by atoms with van der Waals surface area (Å²) in [5.41, 5.74) is 1.86. The molecule has 0 unspecified atom stereocenters. The van der Waals surface area contributed by atoms with Gasteiger partial charge in [0.15, 0.2) is 0 Å². The molecule has 20 heavy (non-hydrogen) atoms. The van der Waals surface area contributed by atoms with Gasteiger partial charge in [-0.3, -0.25) is 4.79 Å². The summed E-state index contributed by atoms with van der Waals surface area (Å²) >= 11 is 17.8. The Kier molecular flexibility index (Phi) is 4.76. The van der Waals surface area contributed by atoms with Crippen LogP contribution in [0.5, 0.6) is 0 Å². The number of carbonyl (C=O) groups is 1. The predicted molar refractivity (Wildman–Crippen MR) is 85.4 cm³/mol. The van der Waals surface area contributed by atoms with E-state index >= 15 is 0 Å². The second-order valence-electron chi connectivity index (χ2n) is 4.03. The molecule has 0 saturated carbocycles. The Labute approximate surface area is 131 Å². The third kappa shape index (κ3) is 3.37. The topological polar surface area (TPSA) is 41.1 Å². The Hall–Kier alpha value is -1.42. The van der Waals surface area contributed by atoms with E-state index in [1.165, 1.54) is 12.1 Å². The summed E-state index contributed by atoms with van der Waals surface area (Å²) in [6.07, 6.45) is 0. The van der Waals surface area contributed by atoms with Gasteiger partial charge in [0.05, 0.1) is 20.8 Å². The zero-order chi connectivity index (χ0) is 14.7. The van der Waals surface area contributed by atoms with Crippen LogP contribution in [0, 0.1) is 0 Å². The van der Waals surface area contributed by atoms with Crippen LogP contribution in [0.3, 0.4) is 0 Å². The summed E-state index contributed by atoms with van der Waals surface area (Å²) in [5.74, 6) is -0.270. The van der Waals surface area contributed by atoms with Gasteiger partial charge in [-0.05, 0) is 36.4 Å². The smallest absolute Gasteiger partial charge is 0.255 e.